The minimum atomic E-state index is -3.90. The van der Waals surface area contributed by atoms with Crippen LogP contribution >= 0.6 is 15.9 Å². The van der Waals surface area contributed by atoms with E-state index in [0.29, 0.717) is 22.4 Å². The van der Waals surface area contributed by atoms with Crippen molar-refractivity contribution < 1.29 is 13.2 Å². The number of fused-ring (bicyclic) bond motifs is 1. The predicted octanol–water partition coefficient (Wildman–Crippen LogP) is 5.59. The fourth-order valence-electron chi connectivity index (χ4n) is 5.09. The van der Waals surface area contributed by atoms with Crippen LogP contribution in [0, 0.1) is 20.8 Å². The number of sulfonamides is 1. The monoisotopic (exact) mass is 554 g/mol. The number of amides is 1. The molecule has 0 saturated carbocycles. The highest BCUT2D eigenvalue weighted by atomic mass is 79.9. The SMILES string of the molecule is Cc1cc(C)c(S(=O)(=O)N(CCc2ccccc2)CC(=O)N2c3ccc(Br)cc3C[C@H]2C)c(C)c1. The van der Waals surface area contributed by atoms with Crippen molar-refractivity contribution in [2.24, 2.45) is 0 Å². The molecule has 1 aliphatic heterocycles. The molecule has 35 heavy (non-hydrogen) atoms. The molecule has 0 fully saturated rings. The lowest BCUT2D eigenvalue weighted by atomic mass is 10.1. The van der Waals surface area contributed by atoms with Crippen molar-refractivity contribution in [1.29, 1.82) is 0 Å². The van der Waals surface area contributed by atoms with Crippen LogP contribution in [0.1, 0.15) is 34.7 Å². The second-order valence-electron chi connectivity index (χ2n) is 9.39. The minimum absolute atomic E-state index is 0.0340. The van der Waals surface area contributed by atoms with E-state index >= 15 is 0 Å². The molecule has 1 aliphatic rings. The Labute approximate surface area is 216 Å². The van der Waals surface area contributed by atoms with Gasteiger partial charge in [-0.1, -0.05) is 64.0 Å². The van der Waals surface area contributed by atoms with E-state index in [2.05, 4.69) is 15.9 Å². The van der Waals surface area contributed by atoms with E-state index in [-0.39, 0.29) is 25.0 Å². The van der Waals surface area contributed by atoms with Crippen molar-refractivity contribution in [2.75, 3.05) is 18.0 Å². The summed E-state index contributed by atoms with van der Waals surface area (Å²) in [6, 6.07) is 19.4. The lowest BCUT2D eigenvalue weighted by molar-refractivity contribution is -0.119. The molecule has 3 aromatic carbocycles. The molecule has 0 aromatic heterocycles. The molecule has 0 unspecified atom stereocenters. The fourth-order valence-corrected chi connectivity index (χ4v) is 7.30. The minimum Gasteiger partial charge on any atom is -0.308 e. The molecule has 0 aliphatic carbocycles. The molecule has 1 atom stereocenters. The van der Waals surface area contributed by atoms with Crippen molar-refractivity contribution >= 4 is 37.5 Å². The van der Waals surface area contributed by atoms with Crippen molar-refractivity contribution in [1.82, 2.24) is 4.31 Å². The number of nitrogens with zero attached hydrogens (tertiary/aromatic N) is 2. The molecule has 1 amide bonds. The second-order valence-corrected chi connectivity index (χ2v) is 12.2. The molecule has 4 rings (SSSR count). The van der Waals surface area contributed by atoms with Crippen LogP contribution in [0.2, 0.25) is 0 Å². The van der Waals surface area contributed by atoms with E-state index < -0.39 is 10.0 Å². The molecule has 1 heterocycles. The molecule has 7 heteroatoms. The zero-order valence-corrected chi connectivity index (χ0v) is 23.0. The van der Waals surface area contributed by atoms with Crippen molar-refractivity contribution in [3.63, 3.8) is 0 Å². The number of carbonyl (C=O) groups is 1. The van der Waals surface area contributed by atoms with Crippen LogP contribution in [-0.4, -0.2) is 37.8 Å². The molecule has 184 valence electrons. The van der Waals surface area contributed by atoms with Gasteiger partial charge in [0.1, 0.15) is 0 Å². The van der Waals surface area contributed by atoms with Gasteiger partial charge >= 0.3 is 0 Å². The number of hydrogen-bond acceptors (Lipinski definition) is 3. The first-order valence-corrected chi connectivity index (χ1v) is 14.0. The zero-order valence-electron chi connectivity index (χ0n) is 20.6. The average Bonchev–Trinajstić information content (AvgIpc) is 3.10. The van der Waals surface area contributed by atoms with Crippen molar-refractivity contribution in [2.45, 2.75) is 51.5 Å². The molecular formula is C28H31BrN2O3S. The van der Waals surface area contributed by atoms with Gasteiger partial charge in [-0.25, -0.2) is 8.42 Å². The van der Waals surface area contributed by atoms with Gasteiger partial charge in [-0.05, 0) is 81.0 Å². The maximum absolute atomic E-state index is 14.0. The van der Waals surface area contributed by atoms with Gasteiger partial charge in [-0.2, -0.15) is 4.31 Å². The second kappa shape index (κ2) is 10.2. The van der Waals surface area contributed by atoms with Crippen LogP contribution < -0.4 is 4.90 Å². The number of anilines is 1. The predicted molar refractivity (Wildman–Crippen MR) is 144 cm³/mol. The van der Waals surface area contributed by atoms with Crippen LogP contribution in [-0.2, 0) is 27.7 Å². The van der Waals surface area contributed by atoms with E-state index in [1.165, 1.54) is 4.31 Å². The van der Waals surface area contributed by atoms with Gasteiger partial charge in [0.25, 0.3) is 0 Å². The van der Waals surface area contributed by atoms with E-state index in [1.807, 2.05) is 88.4 Å². The van der Waals surface area contributed by atoms with E-state index in [0.717, 1.165) is 33.3 Å². The molecule has 0 N–H and O–H groups in total. The number of benzene rings is 3. The van der Waals surface area contributed by atoms with Gasteiger partial charge in [-0.15, -0.1) is 0 Å². The Kier molecular flexibility index (Phi) is 7.50. The quantitative estimate of drug-likeness (QED) is 0.382. The number of hydrogen-bond donors (Lipinski definition) is 0. The van der Waals surface area contributed by atoms with Crippen molar-refractivity contribution in [3.8, 4) is 0 Å². The Balaban J connectivity index is 1.68. The molecule has 3 aromatic rings. The van der Waals surface area contributed by atoms with E-state index in [9.17, 15) is 13.2 Å². The summed E-state index contributed by atoms with van der Waals surface area (Å²) >= 11 is 3.50. The van der Waals surface area contributed by atoms with Crippen LogP contribution in [0.5, 0.6) is 0 Å². The van der Waals surface area contributed by atoms with Crippen molar-refractivity contribution in [3.05, 3.63) is 93.0 Å². The number of carbonyl (C=O) groups excluding carboxylic acids is 1. The summed E-state index contributed by atoms with van der Waals surface area (Å²) in [6.07, 6.45) is 1.27. The first-order chi connectivity index (χ1) is 16.6. The van der Waals surface area contributed by atoms with Gasteiger partial charge in [0.2, 0.25) is 15.9 Å². The molecule has 5 nitrogen and oxygen atoms in total. The summed E-state index contributed by atoms with van der Waals surface area (Å²) in [5, 5.41) is 0. The van der Waals surface area contributed by atoms with Gasteiger partial charge in [0, 0.05) is 22.7 Å². The summed E-state index contributed by atoms with van der Waals surface area (Å²) in [4.78, 5) is 15.7. The molecule has 0 spiro atoms. The van der Waals surface area contributed by atoms with Crippen LogP contribution in [0.15, 0.2) is 70.0 Å². The topological polar surface area (TPSA) is 57.7 Å². The summed E-state index contributed by atoms with van der Waals surface area (Å²) in [5.74, 6) is -0.211. The first kappa shape index (κ1) is 25.6. The van der Waals surface area contributed by atoms with Crippen LogP contribution in [0.3, 0.4) is 0 Å². The highest BCUT2D eigenvalue weighted by Crippen LogP contribution is 2.35. The highest BCUT2D eigenvalue weighted by molar-refractivity contribution is 9.10. The largest absolute Gasteiger partial charge is 0.308 e. The Morgan fingerprint density at radius 3 is 2.34 bits per heavy atom. The number of aryl methyl sites for hydroxylation is 3. The van der Waals surface area contributed by atoms with Gasteiger partial charge in [0.15, 0.2) is 0 Å². The Hall–Kier alpha value is -2.48. The molecule has 0 bridgehead atoms. The maximum Gasteiger partial charge on any atom is 0.244 e. The third kappa shape index (κ3) is 5.37. The Morgan fingerprint density at radius 2 is 1.69 bits per heavy atom. The first-order valence-electron chi connectivity index (χ1n) is 11.8. The van der Waals surface area contributed by atoms with E-state index in [1.54, 1.807) is 4.90 Å². The fraction of sp³-hybridized carbons (Fsp3) is 0.321. The molecule has 0 saturated heterocycles. The number of halogens is 1. The third-order valence-corrected chi connectivity index (χ3v) is 9.18. The summed E-state index contributed by atoms with van der Waals surface area (Å²) in [7, 11) is -3.90. The normalized spacial score (nSPS) is 15.5. The standard InChI is InChI=1S/C28H31BrN2O3S/c1-19-14-20(2)28(21(3)15-19)35(33,34)30(13-12-23-8-6-5-7-9-23)18-27(32)31-22(4)16-24-17-25(29)10-11-26(24)31/h5-11,14-15,17,22H,12-13,16,18H2,1-4H3/t22-/m1/s1. The van der Waals surface area contributed by atoms with Gasteiger partial charge in [0.05, 0.1) is 11.4 Å². The molecule has 0 radical (unpaired) electrons. The van der Waals surface area contributed by atoms with E-state index in [4.69, 9.17) is 0 Å². The highest BCUT2D eigenvalue weighted by Gasteiger charge is 2.35. The number of rotatable bonds is 7. The van der Waals surface area contributed by atoms with Crippen LogP contribution in [0.25, 0.3) is 0 Å². The third-order valence-electron chi connectivity index (χ3n) is 6.53. The summed E-state index contributed by atoms with van der Waals surface area (Å²) < 4.78 is 30.3. The van der Waals surface area contributed by atoms with Crippen LogP contribution in [0.4, 0.5) is 5.69 Å². The van der Waals surface area contributed by atoms with Gasteiger partial charge < -0.3 is 4.90 Å². The summed E-state index contributed by atoms with van der Waals surface area (Å²) in [6.45, 7) is 7.62. The lowest BCUT2D eigenvalue weighted by Gasteiger charge is -2.28. The molecular weight excluding hydrogens is 524 g/mol. The van der Waals surface area contributed by atoms with Gasteiger partial charge in [-0.3, -0.25) is 4.79 Å². The maximum atomic E-state index is 14.0. The lowest BCUT2D eigenvalue weighted by Crippen LogP contribution is -2.46. The Morgan fingerprint density at radius 1 is 1.03 bits per heavy atom. The zero-order chi connectivity index (χ0) is 25.3. The Bertz CT molecular complexity index is 1330. The average molecular weight is 556 g/mol. The summed E-state index contributed by atoms with van der Waals surface area (Å²) in [5.41, 5.74) is 5.38. The smallest absolute Gasteiger partial charge is 0.244 e.